The van der Waals surface area contributed by atoms with Gasteiger partial charge in [-0.05, 0) is 6.07 Å². The van der Waals surface area contributed by atoms with E-state index in [4.69, 9.17) is 11.5 Å². The molecule has 0 aliphatic rings. The second-order valence-corrected chi connectivity index (χ2v) is 3.34. The van der Waals surface area contributed by atoms with E-state index in [2.05, 4.69) is 19.9 Å². The van der Waals surface area contributed by atoms with Gasteiger partial charge in [0.2, 0.25) is 11.9 Å². The van der Waals surface area contributed by atoms with E-state index in [1.165, 1.54) is 6.20 Å². The van der Waals surface area contributed by atoms with Crippen LogP contribution in [0, 0.1) is 0 Å². The number of halogens is 3. The van der Waals surface area contributed by atoms with Crippen LogP contribution < -0.4 is 11.5 Å². The van der Waals surface area contributed by atoms with Gasteiger partial charge in [0.25, 0.3) is 0 Å². The Bertz CT molecular complexity index is 563. The summed E-state index contributed by atoms with van der Waals surface area (Å²) in [6, 6.07) is 0.862. The van der Waals surface area contributed by atoms with Crippen molar-refractivity contribution in [2.24, 2.45) is 0 Å². The number of anilines is 2. The zero-order chi connectivity index (χ0) is 13.3. The van der Waals surface area contributed by atoms with Gasteiger partial charge in [-0.1, -0.05) is 0 Å². The predicted molar refractivity (Wildman–Crippen MR) is 56.9 cm³/mol. The molecule has 0 atom stereocenters. The Morgan fingerprint density at radius 2 is 1.56 bits per heavy atom. The van der Waals surface area contributed by atoms with E-state index in [0.29, 0.717) is 6.20 Å². The van der Waals surface area contributed by atoms with E-state index < -0.39 is 11.7 Å². The summed E-state index contributed by atoms with van der Waals surface area (Å²) >= 11 is 0. The quantitative estimate of drug-likeness (QED) is 0.792. The molecule has 0 aliphatic carbocycles. The second-order valence-electron chi connectivity index (χ2n) is 3.34. The molecule has 0 saturated heterocycles. The minimum atomic E-state index is -4.49. The van der Waals surface area contributed by atoms with Gasteiger partial charge in [0.1, 0.15) is 0 Å². The van der Waals surface area contributed by atoms with E-state index >= 15 is 0 Å². The topological polar surface area (TPSA) is 104 Å². The summed E-state index contributed by atoms with van der Waals surface area (Å²) in [5, 5.41) is 0. The fourth-order valence-corrected chi connectivity index (χ4v) is 1.26. The standard InChI is InChI=1S/C9H7F3N6/c10-9(11,12)5-1-4(2-15-3-5)6-16-7(13)18-8(14)17-6/h1-3H,(H4,13,14,16,17,18). The van der Waals surface area contributed by atoms with Crippen LogP contribution in [0.3, 0.4) is 0 Å². The van der Waals surface area contributed by atoms with Gasteiger partial charge >= 0.3 is 6.18 Å². The molecule has 0 radical (unpaired) electrons. The molecule has 0 fully saturated rings. The monoisotopic (exact) mass is 256 g/mol. The average molecular weight is 256 g/mol. The summed E-state index contributed by atoms with van der Waals surface area (Å²) < 4.78 is 37.5. The Labute approximate surface area is 98.9 Å². The lowest BCUT2D eigenvalue weighted by atomic mass is 10.2. The zero-order valence-electron chi connectivity index (χ0n) is 8.81. The minimum Gasteiger partial charge on any atom is -0.368 e. The van der Waals surface area contributed by atoms with Crippen molar-refractivity contribution < 1.29 is 13.2 Å². The largest absolute Gasteiger partial charge is 0.417 e. The fourth-order valence-electron chi connectivity index (χ4n) is 1.26. The lowest BCUT2D eigenvalue weighted by Crippen LogP contribution is -2.07. The molecule has 6 nitrogen and oxygen atoms in total. The maximum atomic E-state index is 12.5. The van der Waals surface area contributed by atoms with Crippen molar-refractivity contribution in [3.8, 4) is 11.4 Å². The molecule has 0 spiro atoms. The van der Waals surface area contributed by atoms with Gasteiger partial charge < -0.3 is 11.5 Å². The third kappa shape index (κ3) is 2.44. The van der Waals surface area contributed by atoms with Crippen LogP contribution in [-0.2, 0) is 6.18 Å². The van der Waals surface area contributed by atoms with Crippen LogP contribution in [0.2, 0.25) is 0 Å². The number of aromatic nitrogens is 4. The van der Waals surface area contributed by atoms with E-state index in [-0.39, 0.29) is 23.3 Å². The molecule has 0 unspecified atom stereocenters. The van der Waals surface area contributed by atoms with Crippen molar-refractivity contribution in [2.45, 2.75) is 6.18 Å². The number of alkyl halides is 3. The molecule has 0 bridgehead atoms. The van der Waals surface area contributed by atoms with Crippen molar-refractivity contribution in [3.05, 3.63) is 24.0 Å². The molecular weight excluding hydrogens is 249 g/mol. The summed E-state index contributed by atoms with van der Waals surface area (Å²) in [5.41, 5.74) is 9.83. The number of pyridine rings is 1. The van der Waals surface area contributed by atoms with Gasteiger partial charge in [-0.3, -0.25) is 4.98 Å². The van der Waals surface area contributed by atoms with Crippen LogP contribution in [0.4, 0.5) is 25.1 Å². The molecule has 0 amide bonds. The normalized spacial score (nSPS) is 11.5. The van der Waals surface area contributed by atoms with Gasteiger partial charge in [-0.25, -0.2) is 0 Å². The SMILES string of the molecule is Nc1nc(N)nc(-c2cncc(C(F)(F)F)c2)n1. The van der Waals surface area contributed by atoms with Crippen LogP contribution in [-0.4, -0.2) is 19.9 Å². The van der Waals surface area contributed by atoms with Gasteiger partial charge in [0.15, 0.2) is 5.82 Å². The lowest BCUT2D eigenvalue weighted by molar-refractivity contribution is -0.137. The first-order valence-corrected chi connectivity index (χ1v) is 4.66. The molecule has 2 aromatic heterocycles. The number of rotatable bonds is 1. The van der Waals surface area contributed by atoms with E-state index in [1.54, 1.807) is 0 Å². The number of nitrogens with zero attached hydrogens (tertiary/aromatic N) is 4. The van der Waals surface area contributed by atoms with Crippen molar-refractivity contribution in [3.63, 3.8) is 0 Å². The molecule has 94 valence electrons. The summed E-state index contributed by atoms with van der Waals surface area (Å²) in [7, 11) is 0. The fraction of sp³-hybridized carbons (Fsp3) is 0.111. The number of hydrogen-bond acceptors (Lipinski definition) is 6. The molecule has 2 rings (SSSR count). The predicted octanol–water partition coefficient (Wildman–Crippen LogP) is 1.12. The second kappa shape index (κ2) is 4.09. The highest BCUT2D eigenvalue weighted by Gasteiger charge is 2.31. The van der Waals surface area contributed by atoms with Gasteiger partial charge in [0.05, 0.1) is 5.56 Å². The van der Waals surface area contributed by atoms with E-state index in [9.17, 15) is 13.2 Å². The van der Waals surface area contributed by atoms with Gasteiger partial charge in [-0.2, -0.15) is 28.1 Å². The maximum Gasteiger partial charge on any atom is 0.417 e. The molecule has 0 aliphatic heterocycles. The summed E-state index contributed by atoms with van der Waals surface area (Å²) in [4.78, 5) is 14.4. The van der Waals surface area contributed by atoms with Crippen molar-refractivity contribution in [1.82, 2.24) is 19.9 Å². The molecule has 2 heterocycles. The third-order valence-electron chi connectivity index (χ3n) is 1.99. The van der Waals surface area contributed by atoms with Gasteiger partial charge in [-0.15, -0.1) is 0 Å². The Morgan fingerprint density at radius 3 is 2.11 bits per heavy atom. The lowest BCUT2D eigenvalue weighted by Gasteiger charge is -2.07. The highest BCUT2D eigenvalue weighted by molar-refractivity contribution is 5.57. The Balaban J connectivity index is 2.51. The van der Waals surface area contributed by atoms with Crippen molar-refractivity contribution >= 4 is 11.9 Å². The first-order valence-electron chi connectivity index (χ1n) is 4.66. The molecule has 18 heavy (non-hydrogen) atoms. The first kappa shape index (κ1) is 12.0. The Hall–Kier alpha value is -2.45. The molecule has 0 aromatic carbocycles. The minimum absolute atomic E-state index is 0.0569. The van der Waals surface area contributed by atoms with Crippen LogP contribution in [0.5, 0.6) is 0 Å². The molecule has 2 aromatic rings. The van der Waals surface area contributed by atoms with Crippen molar-refractivity contribution in [2.75, 3.05) is 11.5 Å². The highest BCUT2D eigenvalue weighted by Crippen LogP contribution is 2.30. The van der Waals surface area contributed by atoms with Crippen LogP contribution in [0.15, 0.2) is 18.5 Å². The Morgan fingerprint density at radius 1 is 0.944 bits per heavy atom. The number of nitrogens with two attached hydrogens (primary N) is 2. The average Bonchev–Trinajstić information content (AvgIpc) is 2.27. The number of nitrogen functional groups attached to an aromatic ring is 2. The summed E-state index contributed by atoms with van der Waals surface area (Å²) in [6.07, 6.45) is -2.60. The molecule has 9 heteroatoms. The summed E-state index contributed by atoms with van der Waals surface area (Å²) in [6.45, 7) is 0. The van der Waals surface area contributed by atoms with E-state index in [0.717, 1.165) is 6.07 Å². The van der Waals surface area contributed by atoms with Gasteiger partial charge in [0, 0.05) is 18.0 Å². The molecule has 0 saturated carbocycles. The number of hydrogen-bond donors (Lipinski definition) is 2. The third-order valence-corrected chi connectivity index (χ3v) is 1.99. The van der Waals surface area contributed by atoms with Crippen molar-refractivity contribution in [1.29, 1.82) is 0 Å². The highest BCUT2D eigenvalue weighted by atomic mass is 19.4. The Kier molecular flexibility index (Phi) is 2.73. The van der Waals surface area contributed by atoms with Crippen LogP contribution >= 0.6 is 0 Å². The van der Waals surface area contributed by atoms with Crippen LogP contribution in [0.1, 0.15) is 5.56 Å². The summed E-state index contributed by atoms with van der Waals surface area (Å²) in [5.74, 6) is -0.400. The molecule has 4 N–H and O–H groups in total. The molecular formula is C9H7F3N6. The zero-order valence-corrected chi connectivity index (χ0v) is 8.81. The maximum absolute atomic E-state index is 12.5. The first-order chi connectivity index (χ1) is 8.36. The van der Waals surface area contributed by atoms with E-state index in [1.807, 2.05) is 0 Å². The smallest absolute Gasteiger partial charge is 0.368 e. The van der Waals surface area contributed by atoms with Crippen LogP contribution in [0.25, 0.3) is 11.4 Å².